The van der Waals surface area contributed by atoms with Crippen LogP contribution in [0.15, 0.2) is 29.4 Å². The van der Waals surface area contributed by atoms with Crippen molar-refractivity contribution in [2.75, 3.05) is 59.4 Å². The molecule has 0 saturated carbocycles. The van der Waals surface area contributed by atoms with Crippen molar-refractivity contribution in [1.82, 2.24) is 25.0 Å². The number of nitrogens with zero attached hydrogens (tertiary/aromatic N) is 5. The molecule has 25 heavy (non-hydrogen) atoms. The van der Waals surface area contributed by atoms with Gasteiger partial charge in [0.15, 0.2) is 5.96 Å². The topological polar surface area (TPSA) is 56.2 Å². The van der Waals surface area contributed by atoms with Gasteiger partial charge in [-0.1, -0.05) is 6.07 Å². The van der Waals surface area contributed by atoms with Crippen molar-refractivity contribution in [2.24, 2.45) is 4.99 Å². The van der Waals surface area contributed by atoms with E-state index in [-0.39, 0.29) is 6.10 Å². The van der Waals surface area contributed by atoms with Crippen LogP contribution in [-0.4, -0.2) is 97.2 Å². The smallest absolute Gasteiger partial charge is 0.213 e. The third kappa shape index (κ3) is 3.88. The minimum Gasteiger partial charge on any atom is -0.472 e. The second kappa shape index (κ2) is 7.58. The largest absolute Gasteiger partial charge is 0.472 e. The van der Waals surface area contributed by atoms with E-state index in [4.69, 9.17) is 4.74 Å². The second-order valence-corrected chi connectivity index (χ2v) is 7.06. The zero-order valence-corrected chi connectivity index (χ0v) is 15.0. The Bertz CT molecular complexity index is 586. The summed E-state index contributed by atoms with van der Waals surface area (Å²) in [5, 5.41) is 3.59. The molecule has 5 rings (SSSR count). The summed E-state index contributed by atoms with van der Waals surface area (Å²) in [6, 6.07) is 6.38. The molecule has 136 valence electrons. The lowest BCUT2D eigenvalue weighted by Crippen LogP contribution is -2.64. The summed E-state index contributed by atoms with van der Waals surface area (Å²) in [4.78, 5) is 16.2. The third-order valence-corrected chi connectivity index (χ3v) is 5.47. The summed E-state index contributed by atoms with van der Waals surface area (Å²) < 4.78 is 5.98. The van der Waals surface area contributed by atoms with E-state index in [1.165, 1.54) is 32.7 Å². The number of hydrogen-bond acceptors (Lipinski definition) is 5. The molecular weight excluding hydrogens is 316 g/mol. The Morgan fingerprint density at radius 3 is 2.80 bits per heavy atom. The van der Waals surface area contributed by atoms with Crippen LogP contribution < -0.4 is 10.1 Å². The maximum absolute atomic E-state index is 5.98. The molecule has 2 atom stereocenters. The standard InChI is InChI=1S/C18H28N6O/c1-19-18(21-12-15-13-22-8-10-23(15)11-9-22)24-7-5-16(14-24)25-17-4-2-3-6-20-17/h2-4,6,15-16H,5,7-14H2,1H3,(H,19,21). The minimum absolute atomic E-state index is 0.175. The Morgan fingerprint density at radius 2 is 2.12 bits per heavy atom. The summed E-state index contributed by atoms with van der Waals surface area (Å²) in [7, 11) is 1.87. The summed E-state index contributed by atoms with van der Waals surface area (Å²) >= 11 is 0. The first kappa shape index (κ1) is 16.6. The number of pyridine rings is 1. The highest BCUT2D eigenvalue weighted by atomic mass is 16.5. The van der Waals surface area contributed by atoms with Crippen LogP contribution in [0.4, 0.5) is 0 Å². The van der Waals surface area contributed by atoms with Crippen LogP contribution in [0.5, 0.6) is 5.88 Å². The van der Waals surface area contributed by atoms with Crippen molar-refractivity contribution >= 4 is 5.96 Å². The van der Waals surface area contributed by atoms with Gasteiger partial charge in [-0.15, -0.1) is 0 Å². The number of guanidine groups is 1. The molecule has 0 spiro atoms. The predicted molar refractivity (Wildman–Crippen MR) is 98.0 cm³/mol. The molecule has 4 aliphatic heterocycles. The highest BCUT2D eigenvalue weighted by molar-refractivity contribution is 5.80. The summed E-state index contributed by atoms with van der Waals surface area (Å²) in [5.41, 5.74) is 0. The summed E-state index contributed by atoms with van der Waals surface area (Å²) in [5.74, 6) is 1.70. The molecule has 0 radical (unpaired) electrons. The number of hydrogen-bond donors (Lipinski definition) is 1. The molecule has 4 saturated heterocycles. The number of rotatable bonds is 4. The molecule has 4 aliphatic rings. The average molecular weight is 344 g/mol. The van der Waals surface area contributed by atoms with Gasteiger partial charge >= 0.3 is 0 Å². The van der Waals surface area contributed by atoms with Gasteiger partial charge in [-0.3, -0.25) is 14.8 Å². The highest BCUT2D eigenvalue weighted by Crippen LogP contribution is 2.17. The van der Waals surface area contributed by atoms with Crippen molar-refractivity contribution in [2.45, 2.75) is 18.6 Å². The quantitative estimate of drug-likeness (QED) is 0.618. The molecule has 2 bridgehead atoms. The van der Waals surface area contributed by atoms with Gasteiger partial charge in [0, 0.05) is 77.6 Å². The second-order valence-electron chi connectivity index (χ2n) is 7.06. The van der Waals surface area contributed by atoms with Gasteiger partial charge in [0.05, 0.1) is 6.54 Å². The van der Waals surface area contributed by atoms with E-state index in [1.807, 2.05) is 25.2 Å². The first-order valence-corrected chi connectivity index (χ1v) is 9.31. The van der Waals surface area contributed by atoms with E-state index < -0.39 is 0 Å². The number of ether oxygens (including phenoxy) is 1. The van der Waals surface area contributed by atoms with Crippen molar-refractivity contribution in [3.05, 3.63) is 24.4 Å². The van der Waals surface area contributed by atoms with Crippen LogP contribution >= 0.6 is 0 Å². The Hall–Kier alpha value is -1.86. The molecule has 1 N–H and O–H groups in total. The molecule has 0 aromatic carbocycles. The minimum atomic E-state index is 0.175. The van der Waals surface area contributed by atoms with Crippen LogP contribution in [0.2, 0.25) is 0 Å². The molecule has 1 aromatic rings. The van der Waals surface area contributed by atoms with E-state index in [1.54, 1.807) is 6.20 Å². The van der Waals surface area contributed by atoms with Crippen LogP contribution in [0.1, 0.15) is 6.42 Å². The van der Waals surface area contributed by atoms with Crippen LogP contribution in [0.25, 0.3) is 0 Å². The molecule has 0 amide bonds. The van der Waals surface area contributed by atoms with E-state index in [0.717, 1.165) is 32.0 Å². The first-order valence-electron chi connectivity index (χ1n) is 9.31. The zero-order chi connectivity index (χ0) is 17.1. The van der Waals surface area contributed by atoms with Crippen molar-refractivity contribution in [1.29, 1.82) is 0 Å². The van der Waals surface area contributed by atoms with Gasteiger partial charge < -0.3 is 15.0 Å². The predicted octanol–water partition coefficient (Wildman–Crippen LogP) is 0.110. The Morgan fingerprint density at radius 1 is 1.24 bits per heavy atom. The molecule has 1 aromatic heterocycles. The third-order valence-electron chi connectivity index (χ3n) is 5.47. The highest BCUT2D eigenvalue weighted by Gasteiger charge is 2.32. The fourth-order valence-corrected chi connectivity index (χ4v) is 4.06. The van der Waals surface area contributed by atoms with E-state index in [2.05, 4.69) is 30.0 Å². The monoisotopic (exact) mass is 344 g/mol. The molecule has 7 nitrogen and oxygen atoms in total. The molecule has 0 aliphatic carbocycles. The fourth-order valence-electron chi connectivity index (χ4n) is 4.06. The zero-order valence-electron chi connectivity index (χ0n) is 15.0. The van der Waals surface area contributed by atoms with Gasteiger partial charge in [-0.25, -0.2) is 4.98 Å². The van der Waals surface area contributed by atoms with Crippen molar-refractivity contribution in [3.63, 3.8) is 0 Å². The van der Waals surface area contributed by atoms with E-state index in [9.17, 15) is 0 Å². The van der Waals surface area contributed by atoms with E-state index >= 15 is 0 Å². The summed E-state index contributed by atoms with van der Waals surface area (Å²) in [6.07, 6.45) is 2.95. The van der Waals surface area contributed by atoms with Gasteiger partial charge in [0.1, 0.15) is 6.10 Å². The lowest BCUT2D eigenvalue weighted by atomic mass is 10.1. The normalized spacial score (nSPS) is 32.0. The maximum atomic E-state index is 5.98. The molecule has 5 heterocycles. The Kier molecular flexibility index (Phi) is 5.03. The first-order chi connectivity index (χ1) is 12.3. The van der Waals surface area contributed by atoms with Crippen LogP contribution in [0.3, 0.4) is 0 Å². The Labute approximate surface area is 149 Å². The molecule has 2 unspecified atom stereocenters. The van der Waals surface area contributed by atoms with Crippen molar-refractivity contribution < 1.29 is 4.74 Å². The Balaban J connectivity index is 1.27. The van der Waals surface area contributed by atoms with Crippen LogP contribution in [0, 0.1) is 0 Å². The summed E-state index contributed by atoms with van der Waals surface area (Å²) in [6.45, 7) is 8.83. The average Bonchev–Trinajstić information content (AvgIpc) is 3.12. The number of fused-ring (bicyclic) bond motifs is 3. The maximum Gasteiger partial charge on any atom is 0.213 e. The fraction of sp³-hybridized carbons (Fsp3) is 0.667. The number of aliphatic imine (C=N–C) groups is 1. The van der Waals surface area contributed by atoms with E-state index in [0.29, 0.717) is 11.9 Å². The van der Waals surface area contributed by atoms with Crippen molar-refractivity contribution in [3.8, 4) is 5.88 Å². The van der Waals surface area contributed by atoms with Gasteiger partial charge in [0.25, 0.3) is 0 Å². The lowest BCUT2D eigenvalue weighted by molar-refractivity contribution is 0.0152. The number of likely N-dealkylation sites (tertiary alicyclic amines) is 1. The van der Waals surface area contributed by atoms with Crippen LogP contribution in [-0.2, 0) is 0 Å². The molecule has 4 fully saturated rings. The van der Waals surface area contributed by atoms with Gasteiger partial charge in [-0.2, -0.15) is 0 Å². The lowest BCUT2D eigenvalue weighted by Gasteiger charge is -2.47. The van der Waals surface area contributed by atoms with Gasteiger partial charge in [0.2, 0.25) is 5.88 Å². The number of nitrogens with one attached hydrogen (secondary N) is 1. The molecular formula is C18H28N6O. The van der Waals surface area contributed by atoms with Gasteiger partial charge in [-0.05, 0) is 6.07 Å². The number of aromatic nitrogens is 1. The SMILES string of the molecule is CN=C(NCC1CN2CCN1CC2)N1CCC(Oc2ccccn2)C1. The molecule has 7 heteroatoms. The number of piperazine rings is 3.